The molecule has 0 atom stereocenters. The van der Waals surface area contributed by atoms with Crippen LogP contribution in [0.3, 0.4) is 0 Å². The summed E-state index contributed by atoms with van der Waals surface area (Å²) in [5.41, 5.74) is 6.52. The van der Waals surface area contributed by atoms with Gasteiger partial charge in [0.1, 0.15) is 5.82 Å². The first-order valence-corrected chi connectivity index (χ1v) is 6.05. The molecule has 16 heavy (non-hydrogen) atoms. The number of nitrogens with one attached hydrogen (secondary N) is 1. The van der Waals surface area contributed by atoms with Gasteiger partial charge >= 0.3 is 0 Å². The van der Waals surface area contributed by atoms with Crippen LogP contribution in [0.5, 0.6) is 0 Å². The van der Waals surface area contributed by atoms with Crippen LogP contribution >= 0.6 is 0 Å². The van der Waals surface area contributed by atoms with Gasteiger partial charge in [-0.1, -0.05) is 0 Å². The van der Waals surface area contributed by atoms with Crippen molar-refractivity contribution in [3.63, 3.8) is 0 Å². The lowest BCUT2D eigenvalue weighted by molar-refractivity contribution is 0.873. The summed E-state index contributed by atoms with van der Waals surface area (Å²) >= 11 is 0. The minimum atomic E-state index is 0.728. The second kappa shape index (κ2) is 5.70. The van der Waals surface area contributed by atoms with Gasteiger partial charge in [-0.25, -0.2) is 4.98 Å². The maximum absolute atomic E-state index is 5.44. The highest BCUT2D eigenvalue weighted by molar-refractivity contribution is 5.48. The Morgan fingerprint density at radius 1 is 1.31 bits per heavy atom. The number of nitrogens with zero attached hydrogens (tertiary/aromatic N) is 2. The molecule has 3 N–H and O–H groups in total. The Balaban J connectivity index is 1.88. The predicted octanol–water partition coefficient (Wildman–Crippen LogP) is 1.44. The summed E-state index contributed by atoms with van der Waals surface area (Å²) in [7, 11) is 0. The second-order valence-electron chi connectivity index (χ2n) is 4.17. The smallest absolute Gasteiger partial charge is 0.128 e. The van der Waals surface area contributed by atoms with Gasteiger partial charge in [-0.05, 0) is 37.9 Å². The summed E-state index contributed by atoms with van der Waals surface area (Å²) in [5.74, 6) is 1.10. The molecule has 1 fully saturated rings. The average Bonchev–Trinajstić information content (AvgIpc) is 2.84. The van der Waals surface area contributed by atoms with Crippen molar-refractivity contribution in [1.82, 2.24) is 4.98 Å². The van der Waals surface area contributed by atoms with E-state index in [1.54, 1.807) is 0 Å². The maximum Gasteiger partial charge on any atom is 0.128 e. The first kappa shape index (κ1) is 11.2. The Morgan fingerprint density at radius 3 is 2.75 bits per heavy atom. The number of hydrogen-bond acceptors (Lipinski definition) is 4. The van der Waals surface area contributed by atoms with Crippen LogP contribution < -0.4 is 16.0 Å². The van der Waals surface area contributed by atoms with Crippen molar-refractivity contribution in [3.05, 3.63) is 18.3 Å². The Morgan fingerprint density at radius 2 is 2.12 bits per heavy atom. The van der Waals surface area contributed by atoms with Crippen molar-refractivity contribution in [3.8, 4) is 0 Å². The summed E-state index contributed by atoms with van der Waals surface area (Å²) in [6.45, 7) is 3.94. The number of nitrogens with two attached hydrogens (primary N) is 1. The number of pyridine rings is 1. The highest BCUT2D eigenvalue weighted by atomic mass is 15.2. The van der Waals surface area contributed by atoms with Gasteiger partial charge in [-0.15, -0.1) is 0 Å². The molecule has 1 aromatic rings. The summed E-state index contributed by atoms with van der Waals surface area (Å²) in [4.78, 5) is 6.81. The highest BCUT2D eigenvalue weighted by Crippen LogP contribution is 2.18. The standard InChI is InChI=1S/C12H20N4/c13-6-3-7-14-11-4-5-12(15-10-11)16-8-1-2-9-16/h4-5,10,14H,1-3,6-9,13H2. The number of hydrogen-bond donors (Lipinski definition) is 2. The zero-order chi connectivity index (χ0) is 11.2. The maximum atomic E-state index is 5.44. The predicted molar refractivity (Wildman–Crippen MR) is 67.8 cm³/mol. The van der Waals surface area contributed by atoms with E-state index in [0.29, 0.717) is 0 Å². The first-order valence-electron chi connectivity index (χ1n) is 6.05. The zero-order valence-electron chi connectivity index (χ0n) is 9.65. The number of anilines is 2. The summed E-state index contributed by atoms with van der Waals surface area (Å²) in [5, 5.41) is 3.30. The molecule has 1 aromatic heterocycles. The molecule has 0 aliphatic carbocycles. The number of rotatable bonds is 5. The Labute approximate surface area is 96.8 Å². The lowest BCUT2D eigenvalue weighted by Gasteiger charge is -2.16. The summed E-state index contributed by atoms with van der Waals surface area (Å²) < 4.78 is 0. The van der Waals surface area contributed by atoms with Gasteiger partial charge in [0.25, 0.3) is 0 Å². The molecule has 2 rings (SSSR count). The summed E-state index contributed by atoms with van der Waals surface area (Å²) in [6.07, 6.45) is 5.48. The molecule has 1 saturated heterocycles. The van der Waals surface area contributed by atoms with Crippen LogP contribution in [-0.2, 0) is 0 Å². The molecule has 1 aliphatic rings. The number of aromatic nitrogens is 1. The van der Waals surface area contributed by atoms with Gasteiger partial charge in [0, 0.05) is 19.6 Å². The molecule has 2 heterocycles. The highest BCUT2D eigenvalue weighted by Gasteiger charge is 2.12. The zero-order valence-corrected chi connectivity index (χ0v) is 9.65. The van der Waals surface area contributed by atoms with Crippen LogP contribution in [0.15, 0.2) is 18.3 Å². The van der Waals surface area contributed by atoms with Gasteiger partial charge in [0.15, 0.2) is 0 Å². The van der Waals surface area contributed by atoms with E-state index in [-0.39, 0.29) is 0 Å². The molecule has 4 heteroatoms. The minimum absolute atomic E-state index is 0.728. The van der Waals surface area contributed by atoms with Crippen LogP contribution in [0, 0.1) is 0 Å². The molecule has 1 aliphatic heterocycles. The third-order valence-corrected chi connectivity index (χ3v) is 2.89. The third-order valence-electron chi connectivity index (χ3n) is 2.89. The van der Waals surface area contributed by atoms with Crippen LogP contribution in [-0.4, -0.2) is 31.2 Å². The lowest BCUT2D eigenvalue weighted by atomic mass is 10.3. The first-order chi connectivity index (χ1) is 7.90. The molecular weight excluding hydrogens is 200 g/mol. The quantitative estimate of drug-likeness (QED) is 0.737. The van der Waals surface area contributed by atoms with Gasteiger partial charge in [0.2, 0.25) is 0 Å². The Kier molecular flexibility index (Phi) is 3.99. The topological polar surface area (TPSA) is 54.2 Å². The summed E-state index contributed by atoms with van der Waals surface area (Å²) in [6, 6.07) is 4.19. The normalized spacial score (nSPS) is 15.4. The van der Waals surface area contributed by atoms with Crippen molar-refractivity contribution in [1.29, 1.82) is 0 Å². The van der Waals surface area contributed by atoms with Crippen LogP contribution in [0.4, 0.5) is 11.5 Å². The van der Waals surface area contributed by atoms with E-state index in [0.717, 1.165) is 44.1 Å². The van der Waals surface area contributed by atoms with Crippen LogP contribution in [0.25, 0.3) is 0 Å². The van der Waals surface area contributed by atoms with E-state index in [1.165, 1.54) is 12.8 Å². The molecule has 0 saturated carbocycles. The van der Waals surface area contributed by atoms with Crippen molar-refractivity contribution >= 4 is 11.5 Å². The van der Waals surface area contributed by atoms with Crippen molar-refractivity contribution in [2.45, 2.75) is 19.3 Å². The van der Waals surface area contributed by atoms with Crippen molar-refractivity contribution < 1.29 is 0 Å². The van der Waals surface area contributed by atoms with E-state index in [1.807, 2.05) is 6.20 Å². The largest absolute Gasteiger partial charge is 0.384 e. The Bertz CT molecular complexity index is 303. The minimum Gasteiger partial charge on any atom is -0.384 e. The van der Waals surface area contributed by atoms with Crippen molar-refractivity contribution in [2.75, 3.05) is 36.4 Å². The Hall–Kier alpha value is -1.29. The van der Waals surface area contributed by atoms with E-state index in [4.69, 9.17) is 5.73 Å². The van der Waals surface area contributed by atoms with Gasteiger partial charge in [0.05, 0.1) is 11.9 Å². The van der Waals surface area contributed by atoms with Gasteiger partial charge < -0.3 is 16.0 Å². The molecule has 0 radical (unpaired) electrons. The SMILES string of the molecule is NCCCNc1ccc(N2CCCC2)nc1. The van der Waals surface area contributed by atoms with Crippen molar-refractivity contribution in [2.24, 2.45) is 5.73 Å². The third kappa shape index (κ3) is 2.85. The molecule has 4 nitrogen and oxygen atoms in total. The molecule has 0 spiro atoms. The molecule has 0 aromatic carbocycles. The molecule has 88 valence electrons. The second-order valence-corrected chi connectivity index (χ2v) is 4.17. The van der Waals surface area contributed by atoms with E-state index in [2.05, 4.69) is 27.3 Å². The fraction of sp³-hybridized carbons (Fsp3) is 0.583. The van der Waals surface area contributed by atoms with E-state index < -0.39 is 0 Å². The molecule has 0 amide bonds. The van der Waals surface area contributed by atoms with E-state index >= 15 is 0 Å². The molecule has 0 unspecified atom stereocenters. The van der Waals surface area contributed by atoms with E-state index in [9.17, 15) is 0 Å². The monoisotopic (exact) mass is 220 g/mol. The average molecular weight is 220 g/mol. The fourth-order valence-corrected chi connectivity index (χ4v) is 1.96. The van der Waals surface area contributed by atoms with Crippen LogP contribution in [0.1, 0.15) is 19.3 Å². The van der Waals surface area contributed by atoms with Gasteiger partial charge in [-0.2, -0.15) is 0 Å². The molecule has 0 bridgehead atoms. The van der Waals surface area contributed by atoms with Gasteiger partial charge in [-0.3, -0.25) is 0 Å². The molecular formula is C12H20N4. The fourth-order valence-electron chi connectivity index (χ4n) is 1.96. The van der Waals surface area contributed by atoms with Crippen LogP contribution in [0.2, 0.25) is 0 Å². The lowest BCUT2D eigenvalue weighted by Crippen LogP contribution is -2.18.